The molecule has 0 fully saturated rings. The minimum atomic E-state index is 0.952. The van der Waals surface area contributed by atoms with E-state index in [9.17, 15) is 0 Å². The first kappa shape index (κ1) is 10.2. The highest BCUT2D eigenvalue weighted by Crippen LogP contribution is 2.09. The Morgan fingerprint density at radius 3 is 3.06 bits per heavy atom. The molecule has 5 nitrogen and oxygen atoms in total. The van der Waals surface area contributed by atoms with Gasteiger partial charge in [0, 0.05) is 22.5 Å². The molecule has 2 heterocycles. The SMILES string of the molecule is CSc1ccc2c(c1)=NNN(n1ccnc1)C=2. The Hall–Kier alpha value is -1.95. The quantitative estimate of drug-likeness (QED) is 0.759. The van der Waals surface area contributed by atoms with E-state index >= 15 is 0 Å². The van der Waals surface area contributed by atoms with Crippen molar-refractivity contribution < 1.29 is 0 Å². The number of thioether (sulfide) groups is 1. The number of imidazole rings is 1. The predicted octanol–water partition coefficient (Wildman–Crippen LogP) is 0.0340. The number of fused-ring (bicyclic) bond motifs is 1. The maximum absolute atomic E-state index is 4.32. The first-order valence-corrected chi connectivity index (χ1v) is 6.36. The van der Waals surface area contributed by atoms with Crippen LogP contribution in [0.3, 0.4) is 0 Å². The second kappa shape index (κ2) is 4.14. The van der Waals surface area contributed by atoms with Gasteiger partial charge in [0.1, 0.15) is 6.33 Å². The third-order valence-corrected chi connectivity index (χ3v) is 3.24. The maximum Gasteiger partial charge on any atom is 0.116 e. The second-order valence-electron chi connectivity index (χ2n) is 3.55. The summed E-state index contributed by atoms with van der Waals surface area (Å²) in [5.41, 5.74) is 2.95. The van der Waals surface area contributed by atoms with E-state index in [-0.39, 0.29) is 0 Å². The summed E-state index contributed by atoms with van der Waals surface area (Å²) in [5.74, 6) is 0. The molecular weight excluding hydrogens is 234 g/mol. The standard InChI is InChI=1S/C11H11N5S/c1-17-10-3-2-9-7-16(14-13-11(9)6-10)15-5-4-12-8-15/h2-8,14H,1H3. The molecule has 86 valence electrons. The average Bonchev–Trinajstić information content (AvgIpc) is 2.91. The number of hydrazine groups is 1. The summed E-state index contributed by atoms with van der Waals surface area (Å²) in [7, 11) is 0. The highest BCUT2D eigenvalue weighted by molar-refractivity contribution is 7.98. The molecule has 0 saturated heterocycles. The van der Waals surface area contributed by atoms with Crippen molar-refractivity contribution >= 4 is 18.0 Å². The maximum atomic E-state index is 4.32. The topological polar surface area (TPSA) is 45.5 Å². The van der Waals surface area contributed by atoms with Crippen LogP contribution < -0.4 is 21.2 Å². The fourth-order valence-electron chi connectivity index (χ4n) is 1.62. The van der Waals surface area contributed by atoms with Crippen LogP contribution in [0.1, 0.15) is 0 Å². The fraction of sp³-hybridized carbons (Fsp3) is 0.0909. The van der Waals surface area contributed by atoms with Gasteiger partial charge in [0.05, 0.1) is 11.6 Å². The van der Waals surface area contributed by atoms with E-state index in [2.05, 4.69) is 40.1 Å². The molecule has 1 aliphatic rings. The number of hydrogen-bond donors (Lipinski definition) is 1. The minimum Gasteiger partial charge on any atom is -0.243 e. The summed E-state index contributed by atoms with van der Waals surface area (Å²) in [5, 5.41) is 8.12. The smallest absolute Gasteiger partial charge is 0.116 e. The van der Waals surface area contributed by atoms with Gasteiger partial charge in [-0.05, 0) is 18.4 Å². The summed E-state index contributed by atoms with van der Waals surface area (Å²) >= 11 is 1.71. The van der Waals surface area contributed by atoms with Gasteiger partial charge in [-0.25, -0.2) is 9.66 Å². The van der Waals surface area contributed by atoms with Crippen LogP contribution in [0.25, 0.3) is 6.20 Å². The number of rotatable bonds is 2. The van der Waals surface area contributed by atoms with Crippen molar-refractivity contribution in [3.63, 3.8) is 0 Å². The molecule has 0 bridgehead atoms. The monoisotopic (exact) mass is 245 g/mol. The molecule has 1 aromatic carbocycles. The van der Waals surface area contributed by atoms with E-state index in [1.807, 2.05) is 17.1 Å². The lowest BCUT2D eigenvalue weighted by atomic mass is 10.3. The fourth-order valence-corrected chi connectivity index (χ4v) is 2.05. The van der Waals surface area contributed by atoms with Gasteiger partial charge >= 0.3 is 0 Å². The highest BCUT2D eigenvalue weighted by Gasteiger charge is 2.04. The van der Waals surface area contributed by atoms with Crippen LogP contribution in [0.5, 0.6) is 0 Å². The second-order valence-corrected chi connectivity index (χ2v) is 4.43. The Bertz CT molecular complexity index is 634. The number of nitrogens with zero attached hydrogens (tertiary/aromatic N) is 4. The highest BCUT2D eigenvalue weighted by atomic mass is 32.2. The van der Waals surface area contributed by atoms with Crippen molar-refractivity contribution in [2.75, 3.05) is 11.4 Å². The summed E-state index contributed by atoms with van der Waals surface area (Å²) in [6, 6.07) is 6.22. The Morgan fingerprint density at radius 1 is 1.35 bits per heavy atom. The molecule has 0 spiro atoms. The van der Waals surface area contributed by atoms with E-state index in [1.165, 1.54) is 4.90 Å². The van der Waals surface area contributed by atoms with E-state index in [1.54, 1.807) is 29.4 Å². The molecule has 1 N–H and O–H groups in total. The molecule has 1 aromatic heterocycles. The third-order valence-electron chi connectivity index (χ3n) is 2.51. The number of hydrogen-bond acceptors (Lipinski definition) is 5. The zero-order valence-electron chi connectivity index (χ0n) is 9.24. The van der Waals surface area contributed by atoms with Gasteiger partial charge in [-0.2, -0.15) is 15.8 Å². The van der Waals surface area contributed by atoms with Crippen LogP contribution >= 0.6 is 11.8 Å². The number of aromatic nitrogens is 2. The van der Waals surface area contributed by atoms with Crippen LogP contribution in [-0.2, 0) is 0 Å². The Kier molecular flexibility index (Phi) is 2.49. The van der Waals surface area contributed by atoms with Gasteiger partial charge in [-0.1, -0.05) is 6.07 Å². The number of nitrogens with one attached hydrogen (secondary N) is 1. The van der Waals surface area contributed by atoms with Crippen molar-refractivity contribution in [3.05, 3.63) is 47.5 Å². The van der Waals surface area contributed by atoms with Crippen LogP contribution in [-0.4, -0.2) is 15.9 Å². The van der Waals surface area contributed by atoms with Crippen LogP contribution in [0, 0.1) is 0 Å². The van der Waals surface area contributed by atoms with Gasteiger partial charge in [-0.3, -0.25) is 0 Å². The van der Waals surface area contributed by atoms with Crippen LogP contribution in [0.15, 0.2) is 46.9 Å². The van der Waals surface area contributed by atoms with E-state index in [0.29, 0.717) is 0 Å². The molecule has 0 saturated carbocycles. The predicted molar refractivity (Wildman–Crippen MR) is 67.0 cm³/mol. The molecule has 3 rings (SSSR count). The summed E-state index contributed by atoms with van der Waals surface area (Å²) in [6.07, 6.45) is 9.32. The van der Waals surface area contributed by atoms with Crippen molar-refractivity contribution in [2.24, 2.45) is 5.10 Å². The van der Waals surface area contributed by atoms with Crippen molar-refractivity contribution in [3.8, 4) is 0 Å². The minimum absolute atomic E-state index is 0.952. The first-order valence-electron chi connectivity index (χ1n) is 5.13. The molecule has 6 heteroatoms. The van der Waals surface area contributed by atoms with Crippen LogP contribution in [0.2, 0.25) is 0 Å². The lowest BCUT2D eigenvalue weighted by Crippen LogP contribution is -2.47. The van der Waals surface area contributed by atoms with E-state index in [0.717, 1.165) is 10.6 Å². The van der Waals surface area contributed by atoms with Gasteiger partial charge in [0.2, 0.25) is 0 Å². The Balaban J connectivity index is 2.05. The molecule has 17 heavy (non-hydrogen) atoms. The Morgan fingerprint density at radius 2 is 2.29 bits per heavy atom. The summed E-state index contributed by atoms with van der Waals surface area (Å²) in [4.78, 5) is 5.20. The molecule has 0 atom stereocenters. The zero-order chi connectivity index (χ0) is 11.7. The van der Waals surface area contributed by atoms with E-state index in [4.69, 9.17) is 0 Å². The average molecular weight is 245 g/mol. The van der Waals surface area contributed by atoms with Gasteiger partial charge in [0.25, 0.3) is 0 Å². The molecule has 0 amide bonds. The number of benzene rings is 1. The molecule has 1 aliphatic heterocycles. The molecule has 2 aromatic rings. The van der Waals surface area contributed by atoms with Gasteiger partial charge in [-0.15, -0.1) is 11.8 Å². The van der Waals surface area contributed by atoms with E-state index < -0.39 is 0 Å². The molecule has 0 unspecified atom stereocenters. The zero-order valence-corrected chi connectivity index (χ0v) is 10.1. The van der Waals surface area contributed by atoms with Crippen molar-refractivity contribution in [2.45, 2.75) is 4.90 Å². The lowest BCUT2D eigenvalue weighted by molar-refractivity contribution is 0.572. The first-order chi connectivity index (χ1) is 8.36. The third kappa shape index (κ3) is 1.87. The Labute approximate surface area is 102 Å². The molecule has 0 aliphatic carbocycles. The largest absolute Gasteiger partial charge is 0.243 e. The molecular formula is C11H11N5S. The van der Waals surface area contributed by atoms with Gasteiger partial charge in [0.15, 0.2) is 0 Å². The van der Waals surface area contributed by atoms with Crippen molar-refractivity contribution in [1.29, 1.82) is 0 Å². The summed E-state index contributed by atoms with van der Waals surface area (Å²) < 4.78 is 1.81. The normalized spacial score (nSPS) is 13.4. The molecule has 0 radical (unpaired) electrons. The van der Waals surface area contributed by atoms with Gasteiger partial charge < -0.3 is 0 Å². The summed E-state index contributed by atoms with van der Waals surface area (Å²) in [6.45, 7) is 0. The van der Waals surface area contributed by atoms with Crippen LogP contribution in [0.4, 0.5) is 0 Å². The lowest BCUT2D eigenvalue weighted by Gasteiger charge is -2.21. The van der Waals surface area contributed by atoms with Crippen molar-refractivity contribution in [1.82, 2.24) is 15.2 Å².